The number of nitrogens with one attached hydrogen (secondary N) is 1. The molecule has 2 N–H and O–H groups in total. The zero-order valence-corrected chi connectivity index (χ0v) is 12.8. The molecule has 0 radical (unpaired) electrons. The largest absolute Gasteiger partial charge is 0.388 e. The first-order valence-electron chi connectivity index (χ1n) is 8.28. The lowest BCUT2D eigenvalue weighted by Gasteiger charge is -2.32. The van der Waals surface area contributed by atoms with Crippen molar-refractivity contribution in [3.63, 3.8) is 0 Å². The quantitative estimate of drug-likeness (QED) is 0.567. The smallest absolute Gasteiger partial charge is 0.0815 e. The van der Waals surface area contributed by atoms with Gasteiger partial charge in [-0.3, -0.25) is 0 Å². The van der Waals surface area contributed by atoms with E-state index < -0.39 is 5.60 Å². The standard InChI is InChI=1S/C16H33NO2/c1-2-3-4-5-6-7-8-9-12-17-15-16(18)10-13-19-14-11-16/h17-18H,2-15H2,1H3. The monoisotopic (exact) mass is 271 g/mol. The van der Waals surface area contributed by atoms with Crippen molar-refractivity contribution in [2.75, 3.05) is 26.3 Å². The summed E-state index contributed by atoms with van der Waals surface area (Å²) in [5.41, 5.74) is -0.515. The van der Waals surface area contributed by atoms with Gasteiger partial charge in [-0.1, -0.05) is 51.9 Å². The Hall–Kier alpha value is -0.120. The maximum Gasteiger partial charge on any atom is 0.0815 e. The molecule has 1 aliphatic rings. The fourth-order valence-corrected chi connectivity index (χ4v) is 2.63. The minimum absolute atomic E-state index is 0.515. The van der Waals surface area contributed by atoms with E-state index in [-0.39, 0.29) is 0 Å². The molecule has 0 aliphatic carbocycles. The molecule has 1 fully saturated rings. The van der Waals surface area contributed by atoms with Crippen molar-refractivity contribution >= 4 is 0 Å². The first-order chi connectivity index (χ1) is 9.27. The summed E-state index contributed by atoms with van der Waals surface area (Å²) in [4.78, 5) is 0. The van der Waals surface area contributed by atoms with Crippen molar-refractivity contribution in [1.82, 2.24) is 5.32 Å². The van der Waals surface area contributed by atoms with Gasteiger partial charge >= 0.3 is 0 Å². The number of unbranched alkanes of at least 4 members (excludes halogenated alkanes) is 7. The van der Waals surface area contributed by atoms with E-state index in [2.05, 4.69) is 12.2 Å². The Morgan fingerprint density at radius 1 is 0.947 bits per heavy atom. The number of hydrogen-bond donors (Lipinski definition) is 2. The Bertz CT molecular complexity index is 203. The van der Waals surface area contributed by atoms with Gasteiger partial charge in [0.05, 0.1) is 5.60 Å². The average molecular weight is 271 g/mol. The summed E-state index contributed by atoms with van der Waals surface area (Å²) in [6.07, 6.45) is 12.4. The predicted molar refractivity (Wildman–Crippen MR) is 80.5 cm³/mol. The zero-order valence-electron chi connectivity index (χ0n) is 12.8. The molecule has 1 aliphatic heterocycles. The van der Waals surface area contributed by atoms with Crippen molar-refractivity contribution in [2.45, 2.75) is 76.7 Å². The Morgan fingerprint density at radius 3 is 2.16 bits per heavy atom. The Labute approximate surface area is 119 Å². The highest BCUT2D eigenvalue weighted by Crippen LogP contribution is 2.19. The summed E-state index contributed by atoms with van der Waals surface area (Å²) in [6.45, 7) is 5.44. The molecule has 1 saturated heterocycles. The van der Waals surface area contributed by atoms with E-state index >= 15 is 0 Å². The molecule has 0 atom stereocenters. The van der Waals surface area contributed by atoms with Crippen LogP contribution in [0.15, 0.2) is 0 Å². The molecule has 0 spiro atoms. The van der Waals surface area contributed by atoms with Crippen LogP contribution in [0.25, 0.3) is 0 Å². The van der Waals surface area contributed by atoms with Crippen LogP contribution in [-0.4, -0.2) is 37.0 Å². The van der Waals surface area contributed by atoms with Crippen LogP contribution in [-0.2, 0) is 4.74 Å². The zero-order chi connectivity index (χ0) is 13.8. The molecule has 19 heavy (non-hydrogen) atoms. The molecule has 0 aromatic rings. The fourth-order valence-electron chi connectivity index (χ4n) is 2.63. The van der Waals surface area contributed by atoms with Crippen LogP contribution in [0.1, 0.15) is 71.1 Å². The van der Waals surface area contributed by atoms with Gasteiger partial charge in [0.25, 0.3) is 0 Å². The second kappa shape index (κ2) is 10.6. The van der Waals surface area contributed by atoms with Crippen LogP contribution in [0.4, 0.5) is 0 Å². The van der Waals surface area contributed by atoms with Crippen molar-refractivity contribution in [3.8, 4) is 0 Å². The van der Waals surface area contributed by atoms with Crippen molar-refractivity contribution in [3.05, 3.63) is 0 Å². The Morgan fingerprint density at radius 2 is 1.53 bits per heavy atom. The van der Waals surface area contributed by atoms with Crippen LogP contribution < -0.4 is 5.32 Å². The van der Waals surface area contributed by atoms with Crippen molar-refractivity contribution in [2.24, 2.45) is 0 Å². The van der Waals surface area contributed by atoms with Crippen molar-refractivity contribution < 1.29 is 9.84 Å². The number of ether oxygens (including phenoxy) is 1. The first-order valence-corrected chi connectivity index (χ1v) is 8.28. The lowest BCUT2D eigenvalue weighted by atomic mass is 9.94. The van der Waals surface area contributed by atoms with Crippen LogP contribution in [0, 0.1) is 0 Å². The summed E-state index contributed by atoms with van der Waals surface area (Å²) in [5, 5.41) is 13.7. The van der Waals surface area contributed by atoms with Gasteiger partial charge in [0.2, 0.25) is 0 Å². The summed E-state index contributed by atoms with van der Waals surface area (Å²) in [7, 11) is 0. The van der Waals surface area contributed by atoms with E-state index in [0.29, 0.717) is 13.2 Å². The molecule has 3 nitrogen and oxygen atoms in total. The highest BCUT2D eigenvalue weighted by Gasteiger charge is 2.28. The highest BCUT2D eigenvalue weighted by atomic mass is 16.5. The second-order valence-electron chi connectivity index (χ2n) is 5.99. The summed E-state index contributed by atoms with van der Waals surface area (Å²) in [6, 6.07) is 0. The number of rotatable bonds is 11. The molecular formula is C16H33NO2. The van der Waals surface area contributed by atoms with E-state index in [0.717, 1.165) is 25.9 Å². The maximum absolute atomic E-state index is 10.3. The molecular weight excluding hydrogens is 238 g/mol. The molecule has 0 aromatic heterocycles. The van der Waals surface area contributed by atoms with Gasteiger partial charge < -0.3 is 15.2 Å². The molecule has 3 heteroatoms. The van der Waals surface area contributed by atoms with Gasteiger partial charge in [0, 0.05) is 32.6 Å². The third-order valence-electron chi connectivity index (χ3n) is 4.08. The molecule has 0 bridgehead atoms. The van der Waals surface area contributed by atoms with Crippen LogP contribution in [0.2, 0.25) is 0 Å². The van der Waals surface area contributed by atoms with Crippen LogP contribution in [0.5, 0.6) is 0 Å². The molecule has 1 heterocycles. The minimum atomic E-state index is -0.515. The topological polar surface area (TPSA) is 41.5 Å². The Balaban J connectivity index is 1.83. The minimum Gasteiger partial charge on any atom is -0.388 e. The third-order valence-corrected chi connectivity index (χ3v) is 4.08. The molecule has 0 aromatic carbocycles. The number of aliphatic hydroxyl groups is 1. The van der Waals surface area contributed by atoms with E-state index in [4.69, 9.17) is 4.74 Å². The average Bonchev–Trinajstić information content (AvgIpc) is 2.42. The molecule has 0 amide bonds. The van der Waals surface area contributed by atoms with E-state index in [1.807, 2.05) is 0 Å². The van der Waals surface area contributed by atoms with E-state index in [1.165, 1.54) is 51.4 Å². The normalized spacial score (nSPS) is 18.6. The first kappa shape index (κ1) is 16.9. The third kappa shape index (κ3) is 8.61. The van der Waals surface area contributed by atoms with Gasteiger partial charge in [-0.05, 0) is 13.0 Å². The maximum atomic E-state index is 10.3. The highest BCUT2D eigenvalue weighted by molar-refractivity contribution is 4.83. The number of hydrogen-bond acceptors (Lipinski definition) is 3. The Kier molecular flexibility index (Phi) is 9.48. The lowest BCUT2D eigenvalue weighted by molar-refractivity contribution is -0.0614. The SMILES string of the molecule is CCCCCCCCCCNCC1(O)CCOCC1. The predicted octanol–water partition coefficient (Wildman–Crippen LogP) is 3.26. The molecule has 0 unspecified atom stereocenters. The van der Waals surface area contributed by atoms with Gasteiger partial charge in [-0.15, -0.1) is 0 Å². The van der Waals surface area contributed by atoms with Gasteiger partial charge in [-0.2, -0.15) is 0 Å². The van der Waals surface area contributed by atoms with Crippen molar-refractivity contribution in [1.29, 1.82) is 0 Å². The molecule has 1 rings (SSSR count). The second-order valence-corrected chi connectivity index (χ2v) is 5.99. The molecule has 0 saturated carbocycles. The van der Waals surface area contributed by atoms with E-state index in [9.17, 15) is 5.11 Å². The van der Waals surface area contributed by atoms with Gasteiger partial charge in [0.15, 0.2) is 0 Å². The van der Waals surface area contributed by atoms with E-state index in [1.54, 1.807) is 0 Å². The fraction of sp³-hybridized carbons (Fsp3) is 1.00. The summed E-state index contributed by atoms with van der Waals surface area (Å²) >= 11 is 0. The summed E-state index contributed by atoms with van der Waals surface area (Å²) < 4.78 is 5.28. The summed E-state index contributed by atoms with van der Waals surface area (Å²) in [5.74, 6) is 0. The van der Waals surface area contributed by atoms with Gasteiger partial charge in [-0.25, -0.2) is 0 Å². The van der Waals surface area contributed by atoms with Crippen LogP contribution in [0.3, 0.4) is 0 Å². The molecule has 114 valence electrons. The van der Waals surface area contributed by atoms with Gasteiger partial charge in [0.1, 0.15) is 0 Å². The lowest BCUT2D eigenvalue weighted by Crippen LogP contribution is -2.45. The van der Waals surface area contributed by atoms with Crippen LogP contribution >= 0.6 is 0 Å².